The quantitative estimate of drug-likeness (QED) is 0.0687. The SMILES string of the molecule is O=C(O)c1cc(N=Nc2ccc(N=Nc3c(Nc4ccccc4)ccc4cc(S(=O)(=O)O)cc(O)c34)cc2)ccc1O.[Na].[Na]. The Morgan fingerprint density at radius 2 is 1.27 bits per heavy atom. The van der Waals surface area contributed by atoms with E-state index in [0.717, 1.165) is 11.8 Å². The Morgan fingerprint density at radius 3 is 1.89 bits per heavy atom. The smallest absolute Gasteiger partial charge is 0.339 e. The van der Waals surface area contributed by atoms with Gasteiger partial charge < -0.3 is 20.6 Å². The van der Waals surface area contributed by atoms with Crippen molar-refractivity contribution in [3.8, 4) is 11.5 Å². The van der Waals surface area contributed by atoms with E-state index in [1.54, 1.807) is 36.4 Å². The van der Waals surface area contributed by atoms with E-state index in [1.807, 2.05) is 30.3 Å². The number of para-hydroxylation sites is 1. The molecule has 5 N–H and O–H groups in total. The van der Waals surface area contributed by atoms with E-state index in [9.17, 15) is 28.0 Å². The standard InChI is InChI=1S/C29H21N5O7S.2Na/c35-25-13-11-21(15-23(25)29(37)38)33-31-19-7-9-20(10-8-19)32-34-28-24(30-18-4-2-1-3-5-18)12-6-17-14-22(42(39,40)41)16-26(36)27(17)28;;/h1-16,30,35-36H,(H,37,38)(H,39,40,41);;. The molecule has 0 aliphatic carbocycles. The zero-order valence-electron chi connectivity index (χ0n) is 23.4. The number of carboxylic acids is 1. The van der Waals surface area contributed by atoms with E-state index >= 15 is 0 Å². The number of carbonyl (C=O) groups is 1. The van der Waals surface area contributed by atoms with Crippen molar-refractivity contribution in [2.45, 2.75) is 4.90 Å². The van der Waals surface area contributed by atoms with Crippen molar-refractivity contribution < 1.29 is 33.1 Å². The molecule has 0 fully saturated rings. The van der Waals surface area contributed by atoms with Gasteiger partial charge in [-0.1, -0.05) is 24.3 Å². The number of phenolic OH excluding ortho intramolecular Hbond substituents is 1. The van der Waals surface area contributed by atoms with Crippen molar-refractivity contribution in [1.29, 1.82) is 0 Å². The summed E-state index contributed by atoms with van der Waals surface area (Å²) in [4.78, 5) is 10.7. The van der Waals surface area contributed by atoms with Gasteiger partial charge in [-0.3, -0.25) is 4.55 Å². The molecular formula is C29H21N5Na2O7S. The number of aromatic hydroxyl groups is 2. The van der Waals surface area contributed by atoms with Gasteiger partial charge in [0.15, 0.2) is 0 Å². The molecule has 44 heavy (non-hydrogen) atoms. The molecule has 0 atom stereocenters. The Labute approximate surface area is 295 Å². The number of nitrogens with one attached hydrogen (secondary N) is 1. The molecule has 0 aliphatic heterocycles. The van der Waals surface area contributed by atoms with Crippen molar-refractivity contribution in [1.82, 2.24) is 0 Å². The molecule has 15 heteroatoms. The third kappa shape index (κ3) is 8.28. The maximum absolute atomic E-state index is 11.7. The van der Waals surface area contributed by atoms with Gasteiger partial charge in [0, 0.05) is 70.9 Å². The Bertz CT molecular complexity index is 1990. The average Bonchev–Trinajstić information content (AvgIpc) is 2.96. The molecule has 0 spiro atoms. The second kappa shape index (κ2) is 14.9. The molecule has 0 aliphatic rings. The molecule has 0 amide bonds. The van der Waals surface area contributed by atoms with Crippen LogP contribution >= 0.6 is 0 Å². The summed E-state index contributed by atoms with van der Waals surface area (Å²) >= 11 is 0. The van der Waals surface area contributed by atoms with Gasteiger partial charge >= 0.3 is 5.97 Å². The molecule has 0 saturated carbocycles. The molecule has 12 nitrogen and oxygen atoms in total. The van der Waals surface area contributed by atoms with Crippen molar-refractivity contribution in [2.24, 2.45) is 20.5 Å². The Balaban J connectivity index is 0.00000264. The van der Waals surface area contributed by atoms with Crippen LogP contribution in [-0.4, -0.2) is 93.4 Å². The molecule has 0 unspecified atom stereocenters. The zero-order valence-corrected chi connectivity index (χ0v) is 28.3. The van der Waals surface area contributed by atoms with Crippen LogP contribution in [0.1, 0.15) is 10.4 Å². The first kappa shape index (κ1) is 34.8. The number of azo groups is 2. The summed E-state index contributed by atoms with van der Waals surface area (Å²) in [6.45, 7) is 0. The first-order valence-corrected chi connectivity index (χ1v) is 13.6. The molecule has 0 aromatic heterocycles. The van der Waals surface area contributed by atoms with Gasteiger partial charge in [0.2, 0.25) is 0 Å². The summed E-state index contributed by atoms with van der Waals surface area (Å²) in [5.41, 5.74) is 2.24. The maximum atomic E-state index is 11.7. The minimum absolute atomic E-state index is 0. The first-order valence-electron chi connectivity index (χ1n) is 12.2. The molecule has 0 bridgehead atoms. The van der Waals surface area contributed by atoms with E-state index < -0.39 is 26.7 Å². The normalized spacial score (nSPS) is 11.3. The summed E-state index contributed by atoms with van der Waals surface area (Å²) in [6, 6.07) is 24.9. The molecule has 0 saturated heterocycles. The number of fused-ring (bicyclic) bond motifs is 1. The van der Waals surface area contributed by atoms with E-state index in [1.165, 1.54) is 24.3 Å². The van der Waals surface area contributed by atoms with Gasteiger partial charge in [-0.15, -0.1) is 5.11 Å². The predicted octanol–water partition coefficient (Wildman–Crippen LogP) is 7.01. The Kier molecular flexibility index (Phi) is 11.8. The second-order valence-electron chi connectivity index (χ2n) is 8.89. The number of phenols is 2. The molecule has 5 aromatic carbocycles. The van der Waals surface area contributed by atoms with Crippen LogP contribution in [0.15, 0.2) is 122 Å². The van der Waals surface area contributed by atoms with Crippen LogP contribution in [0.5, 0.6) is 11.5 Å². The van der Waals surface area contributed by atoms with E-state index in [0.29, 0.717) is 22.4 Å². The van der Waals surface area contributed by atoms with Crippen LogP contribution in [0.25, 0.3) is 10.8 Å². The van der Waals surface area contributed by atoms with Gasteiger partial charge in [0.1, 0.15) is 22.7 Å². The topological polar surface area (TPSA) is 194 Å². The predicted molar refractivity (Wildman–Crippen MR) is 167 cm³/mol. The van der Waals surface area contributed by atoms with Crippen LogP contribution < -0.4 is 5.32 Å². The number of benzene rings is 5. The van der Waals surface area contributed by atoms with Crippen LogP contribution in [0.2, 0.25) is 0 Å². The number of carboxylic acid groups (broad SMARTS) is 1. The van der Waals surface area contributed by atoms with E-state index in [-0.39, 0.29) is 87.2 Å². The Morgan fingerprint density at radius 1 is 0.682 bits per heavy atom. The first-order chi connectivity index (χ1) is 20.1. The van der Waals surface area contributed by atoms with Crippen molar-refractivity contribution in [2.75, 3.05) is 5.32 Å². The fourth-order valence-corrected chi connectivity index (χ4v) is 4.53. The van der Waals surface area contributed by atoms with Crippen molar-refractivity contribution in [3.63, 3.8) is 0 Å². The number of rotatable bonds is 8. The number of hydrogen-bond acceptors (Lipinski definition) is 10. The third-order valence-corrected chi connectivity index (χ3v) is 6.83. The summed E-state index contributed by atoms with van der Waals surface area (Å²) in [5.74, 6) is -2.08. The molecule has 0 heterocycles. The zero-order chi connectivity index (χ0) is 29.9. The third-order valence-electron chi connectivity index (χ3n) is 6.00. The monoisotopic (exact) mass is 629 g/mol. The summed E-state index contributed by atoms with van der Waals surface area (Å²) in [7, 11) is -4.56. The van der Waals surface area contributed by atoms with Crippen LogP contribution in [-0.2, 0) is 10.1 Å². The van der Waals surface area contributed by atoms with Gasteiger partial charge in [-0.2, -0.15) is 23.8 Å². The number of anilines is 2. The fraction of sp³-hybridized carbons (Fsp3) is 0. The van der Waals surface area contributed by atoms with Crippen LogP contribution in [0.3, 0.4) is 0 Å². The van der Waals surface area contributed by atoms with E-state index in [4.69, 9.17) is 5.11 Å². The van der Waals surface area contributed by atoms with Crippen molar-refractivity contribution in [3.05, 3.63) is 103 Å². The van der Waals surface area contributed by atoms with Crippen LogP contribution in [0.4, 0.5) is 34.1 Å². The molecule has 2 radical (unpaired) electrons. The minimum atomic E-state index is -4.56. The maximum Gasteiger partial charge on any atom is 0.339 e. The molecule has 212 valence electrons. The Hall–Kier alpha value is -3.66. The number of hydrogen-bond donors (Lipinski definition) is 5. The van der Waals surface area contributed by atoms with Gasteiger partial charge in [0.25, 0.3) is 10.1 Å². The summed E-state index contributed by atoms with van der Waals surface area (Å²) in [5, 5.41) is 50.0. The number of aromatic carboxylic acids is 1. The summed E-state index contributed by atoms with van der Waals surface area (Å²) < 4.78 is 32.8. The number of nitrogens with zero attached hydrogens (tertiary/aromatic N) is 4. The van der Waals surface area contributed by atoms with Crippen molar-refractivity contribution >= 4 is 120 Å². The van der Waals surface area contributed by atoms with Crippen LogP contribution in [0, 0.1) is 0 Å². The second-order valence-corrected chi connectivity index (χ2v) is 10.3. The molecule has 5 rings (SSSR count). The molecular weight excluding hydrogens is 608 g/mol. The van der Waals surface area contributed by atoms with E-state index in [2.05, 4.69) is 25.8 Å². The minimum Gasteiger partial charge on any atom is -0.507 e. The van der Waals surface area contributed by atoms with Gasteiger partial charge in [0.05, 0.1) is 33.0 Å². The molecule has 5 aromatic rings. The van der Waals surface area contributed by atoms with Gasteiger partial charge in [-0.25, -0.2) is 4.79 Å². The fourth-order valence-electron chi connectivity index (χ4n) is 4.00. The summed E-state index contributed by atoms with van der Waals surface area (Å²) in [6.07, 6.45) is 0. The largest absolute Gasteiger partial charge is 0.507 e. The average molecular weight is 630 g/mol. The van der Waals surface area contributed by atoms with Gasteiger partial charge in [-0.05, 0) is 72.1 Å².